The van der Waals surface area contributed by atoms with E-state index in [0.717, 1.165) is 18.6 Å². The summed E-state index contributed by atoms with van der Waals surface area (Å²) in [5, 5.41) is 0. The molecule has 1 aromatic carbocycles. The van der Waals surface area contributed by atoms with Crippen LogP contribution >= 0.6 is 0 Å². The van der Waals surface area contributed by atoms with E-state index in [-0.39, 0.29) is 5.41 Å². The first-order chi connectivity index (χ1) is 7.54. The van der Waals surface area contributed by atoms with Gasteiger partial charge in [0.15, 0.2) is 0 Å². The predicted octanol–water partition coefficient (Wildman–Crippen LogP) is 3.95. The Morgan fingerprint density at radius 3 is 2.56 bits per heavy atom. The minimum atomic E-state index is 0.123. The highest BCUT2D eigenvalue weighted by Crippen LogP contribution is 2.38. The summed E-state index contributed by atoms with van der Waals surface area (Å²) in [7, 11) is 1.75. The van der Waals surface area contributed by atoms with E-state index < -0.39 is 0 Å². The number of benzene rings is 1. The second-order valence-electron chi connectivity index (χ2n) is 5.41. The van der Waals surface area contributed by atoms with Gasteiger partial charge in [-0.3, -0.25) is 0 Å². The van der Waals surface area contributed by atoms with Crippen molar-refractivity contribution in [1.82, 2.24) is 0 Å². The standard InChI is InChI=1S/C15H20O/c1-15(2,3)14-12-8-6-5-7-11(12)9-10-13(14)16-4/h6,8-10H,5,7H2,1-4H3. The van der Waals surface area contributed by atoms with Gasteiger partial charge in [0, 0.05) is 5.56 Å². The van der Waals surface area contributed by atoms with E-state index in [1.54, 1.807) is 7.11 Å². The molecule has 1 aliphatic rings. The van der Waals surface area contributed by atoms with Crippen LogP contribution in [0, 0.1) is 0 Å². The Morgan fingerprint density at radius 2 is 1.94 bits per heavy atom. The van der Waals surface area contributed by atoms with Crippen LogP contribution in [0.5, 0.6) is 5.75 Å². The van der Waals surface area contributed by atoms with Gasteiger partial charge in [0.25, 0.3) is 0 Å². The summed E-state index contributed by atoms with van der Waals surface area (Å²) in [6, 6.07) is 4.31. The summed E-state index contributed by atoms with van der Waals surface area (Å²) < 4.78 is 5.50. The summed E-state index contributed by atoms with van der Waals surface area (Å²) in [5.74, 6) is 1.01. The lowest BCUT2D eigenvalue weighted by Gasteiger charge is -2.27. The molecule has 0 radical (unpaired) electrons. The molecule has 0 unspecified atom stereocenters. The molecule has 0 aliphatic heterocycles. The fourth-order valence-electron chi connectivity index (χ4n) is 2.43. The molecule has 0 fully saturated rings. The summed E-state index contributed by atoms with van der Waals surface area (Å²) in [4.78, 5) is 0. The third-order valence-corrected chi connectivity index (χ3v) is 3.13. The zero-order valence-corrected chi connectivity index (χ0v) is 10.6. The van der Waals surface area contributed by atoms with Gasteiger partial charge in [0.1, 0.15) is 5.75 Å². The van der Waals surface area contributed by atoms with Gasteiger partial charge in [-0.05, 0) is 35.4 Å². The van der Waals surface area contributed by atoms with Crippen LogP contribution < -0.4 is 4.74 Å². The number of ether oxygens (including phenoxy) is 1. The zero-order valence-electron chi connectivity index (χ0n) is 10.6. The van der Waals surface area contributed by atoms with Crippen LogP contribution in [-0.4, -0.2) is 7.11 Å². The SMILES string of the molecule is COc1ccc2c(c1C(C)(C)C)C=CCC2. The third-order valence-electron chi connectivity index (χ3n) is 3.13. The number of allylic oxidation sites excluding steroid dienone is 1. The average molecular weight is 216 g/mol. The van der Waals surface area contributed by atoms with E-state index in [1.807, 2.05) is 0 Å². The molecule has 0 heterocycles. The Labute approximate surface area is 98.1 Å². The summed E-state index contributed by atoms with van der Waals surface area (Å²) in [6.45, 7) is 6.73. The Hall–Kier alpha value is -1.24. The number of methoxy groups -OCH3 is 1. The van der Waals surface area contributed by atoms with Crippen molar-refractivity contribution in [3.63, 3.8) is 0 Å². The van der Waals surface area contributed by atoms with E-state index in [0.29, 0.717) is 0 Å². The molecule has 2 rings (SSSR count). The van der Waals surface area contributed by atoms with Gasteiger partial charge < -0.3 is 4.74 Å². The van der Waals surface area contributed by atoms with E-state index in [1.165, 1.54) is 16.7 Å². The van der Waals surface area contributed by atoms with Crippen molar-refractivity contribution in [2.75, 3.05) is 7.11 Å². The zero-order chi connectivity index (χ0) is 11.8. The highest BCUT2D eigenvalue weighted by Gasteiger charge is 2.24. The molecular weight excluding hydrogens is 196 g/mol. The van der Waals surface area contributed by atoms with Crippen molar-refractivity contribution < 1.29 is 4.74 Å². The fraction of sp³-hybridized carbons (Fsp3) is 0.467. The summed E-state index contributed by atoms with van der Waals surface area (Å²) in [6.07, 6.45) is 6.82. The largest absolute Gasteiger partial charge is 0.496 e. The molecule has 0 amide bonds. The molecule has 1 nitrogen and oxygen atoms in total. The van der Waals surface area contributed by atoms with Crippen LogP contribution in [0.3, 0.4) is 0 Å². The van der Waals surface area contributed by atoms with Crippen LogP contribution in [0.2, 0.25) is 0 Å². The highest BCUT2D eigenvalue weighted by atomic mass is 16.5. The summed E-state index contributed by atoms with van der Waals surface area (Å²) in [5.41, 5.74) is 4.29. The topological polar surface area (TPSA) is 9.23 Å². The normalized spacial score (nSPS) is 14.8. The number of hydrogen-bond donors (Lipinski definition) is 0. The minimum absolute atomic E-state index is 0.123. The van der Waals surface area contributed by atoms with Crippen LogP contribution in [0.15, 0.2) is 18.2 Å². The monoisotopic (exact) mass is 216 g/mol. The van der Waals surface area contributed by atoms with Crippen molar-refractivity contribution >= 4 is 6.08 Å². The van der Waals surface area contributed by atoms with E-state index in [9.17, 15) is 0 Å². The molecule has 0 N–H and O–H groups in total. The van der Waals surface area contributed by atoms with Crippen molar-refractivity contribution in [3.8, 4) is 5.75 Å². The molecule has 16 heavy (non-hydrogen) atoms. The summed E-state index contributed by atoms with van der Waals surface area (Å²) >= 11 is 0. The molecule has 0 saturated carbocycles. The van der Waals surface area contributed by atoms with Gasteiger partial charge in [0.2, 0.25) is 0 Å². The second kappa shape index (κ2) is 3.97. The molecule has 0 saturated heterocycles. The maximum atomic E-state index is 5.50. The first kappa shape index (κ1) is 11.3. The van der Waals surface area contributed by atoms with Crippen molar-refractivity contribution in [3.05, 3.63) is 34.9 Å². The molecular formula is C15H20O. The van der Waals surface area contributed by atoms with Crippen LogP contribution in [0.1, 0.15) is 43.9 Å². The number of hydrogen-bond acceptors (Lipinski definition) is 1. The molecule has 0 bridgehead atoms. The van der Waals surface area contributed by atoms with E-state index in [4.69, 9.17) is 4.74 Å². The highest BCUT2D eigenvalue weighted by molar-refractivity contribution is 5.65. The molecule has 1 aliphatic carbocycles. The smallest absolute Gasteiger partial charge is 0.123 e. The molecule has 0 atom stereocenters. The Kier molecular flexibility index (Phi) is 2.79. The Morgan fingerprint density at radius 1 is 1.19 bits per heavy atom. The molecule has 1 heteroatoms. The van der Waals surface area contributed by atoms with Crippen molar-refractivity contribution in [2.45, 2.75) is 39.0 Å². The Bertz CT molecular complexity index is 422. The maximum absolute atomic E-state index is 5.50. The van der Waals surface area contributed by atoms with E-state index in [2.05, 4.69) is 45.1 Å². The van der Waals surface area contributed by atoms with Gasteiger partial charge >= 0.3 is 0 Å². The maximum Gasteiger partial charge on any atom is 0.123 e. The van der Waals surface area contributed by atoms with Crippen molar-refractivity contribution in [1.29, 1.82) is 0 Å². The quantitative estimate of drug-likeness (QED) is 0.690. The molecule has 86 valence electrons. The molecule has 1 aromatic rings. The Balaban J connectivity index is 2.67. The molecule has 0 aromatic heterocycles. The molecule has 0 spiro atoms. The third kappa shape index (κ3) is 1.87. The van der Waals surface area contributed by atoms with Gasteiger partial charge in [0.05, 0.1) is 7.11 Å². The fourth-order valence-corrected chi connectivity index (χ4v) is 2.43. The van der Waals surface area contributed by atoms with E-state index >= 15 is 0 Å². The lowest BCUT2D eigenvalue weighted by Crippen LogP contribution is -2.16. The number of fused-ring (bicyclic) bond motifs is 1. The van der Waals surface area contributed by atoms with Crippen molar-refractivity contribution in [2.24, 2.45) is 0 Å². The van der Waals surface area contributed by atoms with Crippen LogP contribution in [-0.2, 0) is 11.8 Å². The van der Waals surface area contributed by atoms with Gasteiger partial charge in [-0.25, -0.2) is 0 Å². The lowest BCUT2D eigenvalue weighted by molar-refractivity contribution is 0.397. The first-order valence-electron chi connectivity index (χ1n) is 5.91. The van der Waals surface area contributed by atoms with Gasteiger partial charge in [-0.1, -0.05) is 39.0 Å². The number of aryl methyl sites for hydroxylation is 1. The minimum Gasteiger partial charge on any atom is -0.496 e. The number of rotatable bonds is 1. The second-order valence-corrected chi connectivity index (χ2v) is 5.41. The van der Waals surface area contributed by atoms with Gasteiger partial charge in [-0.2, -0.15) is 0 Å². The predicted molar refractivity (Wildman–Crippen MR) is 69.0 cm³/mol. The first-order valence-corrected chi connectivity index (χ1v) is 5.91. The van der Waals surface area contributed by atoms with Crippen LogP contribution in [0.4, 0.5) is 0 Å². The van der Waals surface area contributed by atoms with Crippen LogP contribution in [0.25, 0.3) is 6.08 Å². The average Bonchev–Trinajstić information content (AvgIpc) is 2.26. The van der Waals surface area contributed by atoms with Gasteiger partial charge in [-0.15, -0.1) is 0 Å². The lowest BCUT2D eigenvalue weighted by atomic mass is 9.79.